The molecule has 0 spiro atoms. The van der Waals surface area contributed by atoms with Gasteiger partial charge in [-0.3, -0.25) is 9.78 Å². The minimum Gasteiger partial charge on any atom is -0.383 e. The van der Waals surface area contributed by atoms with Crippen LogP contribution in [-0.4, -0.2) is 33.7 Å². The van der Waals surface area contributed by atoms with E-state index in [4.69, 9.17) is 4.74 Å². The highest BCUT2D eigenvalue weighted by atomic mass is 16.5. The van der Waals surface area contributed by atoms with Crippen LogP contribution >= 0.6 is 0 Å². The number of anilines is 1. The molecule has 2 rings (SSSR count). The maximum absolute atomic E-state index is 5.07. The van der Waals surface area contributed by atoms with E-state index in [9.17, 15) is 0 Å². The molecule has 0 aliphatic rings. The summed E-state index contributed by atoms with van der Waals surface area (Å²) in [5.74, 6) is 0. The van der Waals surface area contributed by atoms with Crippen molar-refractivity contribution in [3.63, 3.8) is 0 Å². The molecule has 0 amide bonds. The first-order chi connectivity index (χ1) is 8.72. The molecule has 0 fully saturated rings. The highest BCUT2D eigenvalue weighted by Crippen LogP contribution is 2.19. The zero-order valence-electron chi connectivity index (χ0n) is 11.0. The molecule has 0 unspecified atom stereocenters. The van der Waals surface area contributed by atoms with E-state index in [0.29, 0.717) is 6.61 Å². The van der Waals surface area contributed by atoms with Gasteiger partial charge in [-0.15, -0.1) is 0 Å². The molecule has 2 aromatic rings. The van der Waals surface area contributed by atoms with Crippen molar-refractivity contribution in [3.05, 3.63) is 29.3 Å². The fourth-order valence-electron chi connectivity index (χ4n) is 1.91. The van der Waals surface area contributed by atoms with E-state index in [-0.39, 0.29) is 0 Å². The van der Waals surface area contributed by atoms with Crippen LogP contribution < -0.4 is 5.32 Å². The summed E-state index contributed by atoms with van der Waals surface area (Å²) >= 11 is 0. The molecule has 0 aliphatic heterocycles. The highest BCUT2D eigenvalue weighted by Gasteiger charge is 2.10. The number of hydrogen-bond donors (Lipinski definition) is 2. The summed E-state index contributed by atoms with van der Waals surface area (Å²) in [6.45, 7) is 6.23. The van der Waals surface area contributed by atoms with Gasteiger partial charge in [-0.25, -0.2) is 0 Å². The lowest BCUT2D eigenvalue weighted by Gasteiger charge is -2.06. The number of ether oxygens (including phenoxy) is 1. The second-order valence-electron chi connectivity index (χ2n) is 4.20. The molecule has 0 aromatic carbocycles. The molecule has 18 heavy (non-hydrogen) atoms. The van der Waals surface area contributed by atoms with E-state index in [0.717, 1.165) is 35.9 Å². The molecule has 98 valence electrons. The van der Waals surface area contributed by atoms with Crippen LogP contribution in [0, 0.1) is 13.8 Å². The van der Waals surface area contributed by atoms with Crippen molar-refractivity contribution < 1.29 is 4.74 Å². The van der Waals surface area contributed by atoms with Gasteiger partial charge in [-0.2, -0.15) is 10.2 Å². The van der Waals surface area contributed by atoms with Crippen LogP contribution in [0.1, 0.15) is 17.1 Å². The zero-order valence-corrected chi connectivity index (χ0v) is 11.0. The van der Waals surface area contributed by atoms with Gasteiger partial charge in [0.2, 0.25) is 0 Å². The Morgan fingerprint density at radius 1 is 1.44 bits per heavy atom. The second-order valence-corrected chi connectivity index (χ2v) is 4.20. The van der Waals surface area contributed by atoms with E-state index in [1.54, 1.807) is 13.3 Å². The molecule has 0 bridgehead atoms. The number of aromatic nitrogens is 4. The van der Waals surface area contributed by atoms with Crippen LogP contribution in [0.2, 0.25) is 0 Å². The predicted molar refractivity (Wildman–Crippen MR) is 69.5 cm³/mol. The van der Waals surface area contributed by atoms with Crippen LogP contribution in [0.3, 0.4) is 0 Å². The third-order valence-electron chi connectivity index (χ3n) is 2.90. The molecular weight excluding hydrogens is 230 g/mol. The lowest BCUT2D eigenvalue weighted by molar-refractivity contribution is 0.182. The lowest BCUT2D eigenvalue weighted by Crippen LogP contribution is -2.08. The van der Waals surface area contributed by atoms with Crippen molar-refractivity contribution in [2.24, 2.45) is 0 Å². The molecule has 0 atom stereocenters. The minimum absolute atomic E-state index is 0.669. The quantitative estimate of drug-likeness (QED) is 0.813. The van der Waals surface area contributed by atoms with E-state index < -0.39 is 0 Å². The zero-order chi connectivity index (χ0) is 13.0. The molecular formula is C12H19N5O. The predicted octanol–water partition coefficient (Wildman–Crippen LogP) is 1.48. The highest BCUT2D eigenvalue weighted by molar-refractivity contribution is 5.52. The first kappa shape index (κ1) is 12.6. The Labute approximate surface area is 106 Å². The molecule has 0 aliphatic carbocycles. The fourth-order valence-corrected chi connectivity index (χ4v) is 1.91. The van der Waals surface area contributed by atoms with Gasteiger partial charge >= 0.3 is 0 Å². The standard InChI is InChI=1S/C12H19N5O/c1-9-12(13-8-11-4-5-14-15-11)10(2)17(16-9)6-7-18-3/h4-5,13H,6-8H2,1-3H3,(H,14,15). The van der Waals surface area contributed by atoms with Crippen molar-refractivity contribution >= 4 is 5.69 Å². The van der Waals surface area contributed by atoms with Gasteiger partial charge in [0.15, 0.2) is 0 Å². The van der Waals surface area contributed by atoms with Crippen LogP contribution in [0.25, 0.3) is 0 Å². The fraction of sp³-hybridized carbons (Fsp3) is 0.500. The van der Waals surface area contributed by atoms with Gasteiger partial charge in [0, 0.05) is 13.3 Å². The number of nitrogens with one attached hydrogen (secondary N) is 2. The van der Waals surface area contributed by atoms with Gasteiger partial charge in [0.25, 0.3) is 0 Å². The Morgan fingerprint density at radius 2 is 2.28 bits per heavy atom. The molecule has 0 saturated heterocycles. The summed E-state index contributed by atoms with van der Waals surface area (Å²) in [4.78, 5) is 0. The number of aryl methyl sites for hydroxylation is 1. The van der Waals surface area contributed by atoms with E-state index >= 15 is 0 Å². The number of hydrogen-bond acceptors (Lipinski definition) is 4. The van der Waals surface area contributed by atoms with E-state index in [1.165, 1.54) is 0 Å². The normalized spacial score (nSPS) is 10.8. The maximum Gasteiger partial charge on any atom is 0.0828 e. The van der Waals surface area contributed by atoms with E-state index in [2.05, 4.69) is 27.5 Å². The average Bonchev–Trinajstić information content (AvgIpc) is 2.95. The minimum atomic E-state index is 0.669. The molecule has 2 aromatic heterocycles. The summed E-state index contributed by atoms with van der Waals surface area (Å²) in [5.41, 5.74) is 4.27. The first-order valence-corrected chi connectivity index (χ1v) is 5.97. The number of rotatable bonds is 6. The van der Waals surface area contributed by atoms with Crippen LogP contribution in [0.4, 0.5) is 5.69 Å². The molecule has 0 saturated carbocycles. The molecule has 0 radical (unpaired) electrons. The average molecular weight is 249 g/mol. The summed E-state index contributed by atoms with van der Waals surface area (Å²) < 4.78 is 7.04. The Balaban J connectivity index is 2.05. The Kier molecular flexibility index (Phi) is 3.99. The van der Waals surface area contributed by atoms with Gasteiger partial charge < -0.3 is 10.1 Å². The molecule has 2 heterocycles. The second kappa shape index (κ2) is 5.68. The van der Waals surface area contributed by atoms with Gasteiger partial charge in [0.05, 0.1) is 42.5 Å². The van der Waals surface area contributed by atoms with Crippen LogP contribution in [0.5, 0.6) is 0 Å². The monoisotopic (exact) mass is 249 g/mol. The summed E-state index contributed by atoms with van der Waals surface area (Å²) in [7, 11) is 1.70. The van der Waals surface area contributed by atoms with Gasteiger partial charge in [0.1, 0.15) is 0 Å². The summed E-state index contributed by atoms with van der Waals surface area (Å²) in [6.07, 6.45) is 1.75. The molecule has 2 N–H and O–H groups in total. The van der Waals surface area contributed by atoms with Gasteiger partial charge in [-0.05, 0) is 19.9 Å². The Morgan fingerprint density at radius 3 is 2.94 bits per heavy atom. The first-order valence-electron chi connectivity index (χ1n) is 5.97. The number of aromatic amines is 1. The molecule has 6 heteroatoms. The van der Waals surface area contributed by atoms with Crippen molar-refractivity contribution in [2.75, 3.05) is 19.0 Å². The van der Waals surface area contributed by atoms with Crippen LogP contribution in [-0.2, 0) is 17.8 Å². The third kappa shape index (κ3) is 2.70. The van der Waals surface area contributed by atoms with Crippen molar-refractivity contribution in [1.82, 2.24) is 20.0 Å². The smallest absolute Gasteiger partial charge is 0.0828 e. The number of nitrogens with zero attached hydrogens (tertiary/aromatic N) is 3. The van der Waals surface area contributed by atoms with Crippen molar-refractivity contribution in [1.29, 1.82) is 0 Å². The topological polar surface area (TPSA) is 67.8 Å². The SMILES string of the molecule is COCCn1nc(C)c(NCc2ccn[nH]2)c1C. The summed E-state index contributed by atoms with van der Waals surface area (Å²) in [6, 6.07) is 1.95. The summed E-state index contributed by atoms with van der Waals surface area (Å²) in [5, 5.41) is 14.7. The van der Waals surface area contributed by atoms with Crippen LogP contribution in [0.15, 0.2) is 12.3 Å². The number of H-pyrrole nitrogens is 1. The molecule has 6 nitrogen and oxygen atoms in total. The maximum atomic E-state index is 5.07. The lowest BCUT2D eigenvalue weighted by atomic mass is 10.3. The van der Waals surface area contributed by atoms with Gasteiger partial charge in [-0.1, -0.05) is 0 Å². The Hall–Kier alpha value is -1.82. The van der Waals surface area contributed by atoms with E-state index in [1.807, 2.05) is 17.7 Å². The Bertz CT molecular complexity index is 489. The van der Waals surface area contributed by atoms with Crippen molar-refractivity contribution in [2.45, 2.75) is 26.9 Å². The largest absolute Gasteiger partial charge is 0.383 e. The number of methoxy groups -OCH3 is 1. The third-order valence-corrected chi connectivity index (χ3v) is 2.90. The van der Waals surface area contributed by atoms with Crippen molar-refractivity contribution in [3.8, 4) is 0 Å².